The van der Waals surface area contributed by atoms with Gasteiger partial charge >= 0.3 is 6.18 Å². The van der Waals surface area contributed by atoms with E-state index >= 15 is 0 Å². The fourth-order valence-corrected chi connectivity index (χ4v) is 5.18. The van der Waals surface area contributed by atoms with E-state index < -0.39 is 11.7 Å². The fourth-order valence-electron chi connectivity index (χ4n) is 5.18. The Morgan fingerprint density at radius 2 is 1.45 bits per heavy atom. The molecule has 0 radical (unpaired) electrons. The Morgan fingerprint density at radius 1 is 0.868 bits per heavy atom. The van der Waals surface area contributed by atoms with Gasteiger partial charge in [0.05, 0.1) is 22.9 Å². The number of fused-ring (bicyclic) bond motifs is 1. The number of aromatic nitrogens is 2. The third-order valence-electron chi connectivity index (χ3n) is 7.06. The van der Waals surface area contributed by atoms with Gasteiger partial charge in [-0.3, -0.25) is 14.3 Å². The highest BCUT2D eigenvalue weighted by molar-refractivity contribution is 5.35. The molecule has 1 aromatic heterocycles. The van der Waals surface area contributed by atoms with Crippen LogP contribution in [0.15, 0.2) is 89.7 Å². The molecule has 196 valence electrons. The lowest BCUT2D eigenvalue weighted by molar-refractivity contribution is -0.137. The first-order valence-corrected chi connectivity index (χ1v) is 12.8. The van der Waals surface area contributed by atoms with E-state index in [0.717, 1.165) is 40.3 Å². The molecular formula is C31H30F3N3O. The SMILES string of the molecule is CC(C)c1nc2c(c(=O)n1C(c1ccccc1)c1ccccc1)CN(Cc1ccc(C(F)(F)F)cc1)CC2. The zero-order valence-corrected chi connectivity index (χ0v) is 21.4. The molecule has 2 heterocycles. The molecule has 0 spiro atoms. The summed E-state index contributed by atoms with van der Waals surface area (Å²) < 4.78 is 40.8. The maximum Gasteiger partial charge on any atom is 0.416 e. The van der Waals surface area contributed by atoms with Crippen molar-refractivity contribution in [1.82, 2.24) is 14.5 Å². The average molecular weight is 518 g/mol. The Balaban J connectivity index is 1.54. The van der Waals surface area contributed by atoms with Crippen LogP contribution in [0, 0.1) is 0 Å². The summed E-state index contributed by atoms with van der Waals surface area (Å²) in [6, 6.07) is 24.9. The van der Waals surface area contributed by atoms with Crippen molar-refractivity contribution < 1.29 is 13.2 Å². The molecule has 0 aliphatic carbocycles. The average Bonchev–Trinajstić information content (AvgIpc) is 2.91. The summed E-state index contributed by atoms with van der Waals surface area (Å²) in [7, 11) is 0. The van der Waals surface area contributed by atoms with Crippen LogP contribution in [0.1, 0.15) is 65.1 Å². The molecule has 7 heteroatoms. The van der Waals surface area contributed by atoms with E-state index in [1.807, 2.05) is 65.2 Å². The van der Waals surface area contributed by atoms with Crippen molar-refractivity contribution in [1.29, 1.82) is 0 Å². The van der Waals surface area contributed by atoms with E-state index in [4.69, 9.17) is 4.98 Å². The van der Waals surface area contributed by atoms with Gasteiger partial charge in [0.15, 0.2) is 0 Å². The van der Waals surface area contributed by atoms with Crippen molar-refractivity contribution in [2.45, 2.75) is 51.5 Å². The predicted molar refractivity (Wildman–Crippen MR) is 142 cm³/mol. The summed E-state index contributed by atoms with van der Waals surface area (Å²) in [6.07, 6.45) is -3.74. The first-order valence-electron chi connectivity index (χ1n) is 12.8. The van der Waals surface area contributed by atoms with E-state index in [1.165, 1.54) is 12.1 Å². The molecule has 4 aromatic rings. The number of alkyl halides is 3. The lowest BCUT2D eigenvalue weighted by Gasteiger charge is -2.31. The highest BCUT2D eigenvalue weighted by atomic mass is 19.4. The van der Waals surface area contributed by atoms with Crippen molar-refractivity contribution in [2.24, 2.45) is 0 Å². The third-order valence-corrected chi connectivity index (χ3v) is 7.06. The van der Waals surface area contributed by atoms with Crippen LogP contribution >= 0.6 is 0 Å². The molecule has 0 bridgehead atoms. The summed E-state index contributed by atoms with van der Waals surface area (Å²) in [5, 5.41) is 0. The minimum atomic E-state index is -4.36. The number of nitrogens with zero attached hydrogens (tertiary/aromatic N) is 3. The fraction of sp³-hybridized carbons (Fsp3) is 0.290. The molecule has 0 amide bonds. The summed E-state index contributed by atoms with van der Waals surface area (Å²) in [5.41, 5.74) is 3.53. The van der Waals surface area contributed by atoms with E-state index in [9.17, 15) is 18.0 Å². The Morgan fingerprint density at radius 3 is 1.97 bits per heavy atom. The van der Waals surface area contributed by atoms with Crippen LogP contribution in [-0.2, 0) is 25.7 Å². The van der Waals surface area contributed by atoms with Gasteiger partial charge in [0.1, 0.15) is 5.82 Å². The molecular weight excluding hydrogens is 487 g/mol. The largest absolute Gasteiger partial charge is 0.416 e. The van der Waals surface area contributed by atoms with Gasteiger partial charge in [0, 0.05) is 32.0 Å². The topological polar surface area (TPSA) is 38.1 Å². The van der Waals surface area contributed by atoms with Crippen LogP contribution in [0.2, 0.25) is 0 Å². The summed E-state index contributed by atoms with van der Waals surface area (Å²) in [5.74, 6) is 0.788. The molecule has 3 aromatic carbocycles. The first-order chi connectivity index (χ1) is 18.2. The predicted octanol–water partition coefficient (Wildman–Crippen LogP) is 6.58. The summed E-state index contributed by atoms with van der Waals surface area (Å²) in [4.78, 5) is 21.4. The van der Waals surface area contributed by atoms with Crippen LogP contribution in [-0.4, -0.2) is 21.0 Å². The molecule has 5 rings (SSSR count). The van der Waals surface area contributed by atoms with Gasteiger partial charge in [-0.2, -0.15) is 13.2 Å². The maximum absolute atomic E-state index is 14.3. The Hall–Kier alpha value is -3.71. The van der Waals surface area contributed by atoms with Gasteiger partial charge < -0.3 is 0 Å². The monoisotopic (exact) mass is 517 g/mol. The van der Waals surface area contributed by atoms with E-state index in [-0.39, 0.29) is 17.5 Å². The van der Waals surface area contributed by atoms with Crippen molar-refractivity contribution >= 4 is 0 Å². The smallest absolute Gasteiger partial charge is 0.294 e. The summed E-state index contributed by atoms with van der Waals surface area (Å²) >= 11 is 0. The van der Waals surface area contributed by atoms with Gasteiger partial charge in [-0.05, 0) is 28.8 Å². The quantitative estimate of drug-likeness (QED) is 0.290. The minimum Gasteiger partial charge on any atom is -0.294 e. The number of hydrogen-bond acceptors (Lipinski definition) is 3. The van der Waals surface area contributed by atoms with Crippen molar-refractivity contribution in [3.05, 3.63) is 135 Å². The lowest BCUT2D eigenvalue weighted by Crippen LogP contribution is -2.40. The first kappa shape index (κ1) is 25.9. The second-order valence-corrected chi connectivity index (χ2v) is 10.1. The van der Waals surface area contributed by atoms with Gasteiger partial charge in [-0.1, -0.05) is 86.6 Å². The highest BCUT2D eigenvalue weighted by Gasteiger charge is 2.31. The van der Waals surface area contributed by atoms with Crippen LogP contribution in [0.3, 0.4) is 0 Å². The molecule has 38 heavy (non-hydrogen) atoms. The maximum atomic E-state index is 14.3. The Bertz CT molecular complexity index is 1410. The lowest BCUT2D eigenvalue weighted by atomic mass is 9.96. The molecule has 0 atom stereocenters. The highest BCUT2D eigenvalue weighted by Crippen LogP contribution is 2.31. The van der Waals surface area contributed by atoms with Crippen LogP contribution in [0.5, 0.6) is 0 Å². The van der Waals surface area contributed by atoms with E-state index in [0.29, 0.717) is 31.6 Å². The molecule has 0 N–H and O–H groups in total. The zero-order chi connectivity index (χ0) is 26.9. The van der Waals surface area contributed by atoms with Gasteiger partial charge in [0.25, 0.3) is 5.56 Å². The van der Waals surface area contributed by atoms with Crippen molar-refractivity contribution in [2.75, 3.05) is 6.54 Å². The van der Waals surface area contributed by atoms with Crippen molar-refractivity contribution in [3.8, 4) is 0 Å². The van der Waals surface area contributed by atoms with Gasteiger partial charge in [0.2, 0.25) is 0 Å². The number of rotatable bonds is 6. The molecule has 1 aliphatic heterocycles. The molecule has 0 saturated heterocycles. The van der Waals surface area contributed by atoms with Gasteiger partial charge in [-0.25, -0.2) is 4.98 Å². The van der Waals surface area contributed by atoms with E-state index in [1.54, 1.807) is 0 Å². The number of halogens is 3. The Labute approximate surface area is 220 Å². The van der Waals surface area contributed by atoms with Gasteiger partial charge in [-0.15, -0.1) is 0 Å². The normalized spacial score (nSPS) is 14.2. The molecule has 0 fully saturated rings. The molecule has 0 unspecified atom stereocenters. The second kappa shape index (κ2) is 10.6. The third kappa shape index (κ3) is 5.29. The minimum absolute atomic E-state index is 0.0353. The van der Waals surface area contributed by atoms with Crippen LogP contribution in [0.4, 0.5) is 13.2 Å². The standard InChI is InChI=1S/C31H30F3N3O/c1-21(2)29-35-27-17-18-36(19-22-13-15-25(16-14-22)31(32,33)34)20-26(27)30(38)37(29)28(23-9-5-3-6-10-23)24-11-7-4-8-12-24/h3-16,21,28H,17-20H2,1-2H3. The van der Waals surface area contributed by atoms with Crippen LogP contribution < -0.4 is 5.56 Å². The molecule has 4 nitrogen and oxygen atoms in total. The van der Waals surface area contributed by atoms with Crippen molar-refractivity contribution in [3.63, 3.8) is 0 Å². The number of hydrogen-bond donors (Lipinski definition) is 0. The van der Waals surface area contributed by atoms with Crippen LogP contribution in [0.25, 0.3) is 0 Å². The summed E-state index contributed by atoms with van der Waals surface area (Å²) in [6.45, 7) is 5.65. The second-order valence-electron chi connectivity index (χ2n) is 10.1. The number of benzene rings is 3. The zero-order valence-electron chi connectivity index (χ0n) is 21.4. The molecule has 1 aliphatic rings. The van der Waals surface area contributed by atoms with E-state index in [2.05, 4.69) is 18.7 Å². The molecule has 0 saturated carbocycles. The Kier molecular flexibility index (Phi) is 7.21.